The number of ether oxygens (including phenoxy) is 2. The Morgan fingerprint density at radius 2 is 1.46 bits per heavy atom. The van der Waals surface area contributed by atoms with Gasteiger partial charge in [0.2, 0.25) is 0 Å². The van der Waals surface area contributed by atoms with Gasteiger partial charge in [0.1, 0.15) is 0 Å². The van der Waals surface area contributed by atoms with Gasteiger partial charge in [0.25, 0.3) is 0 Å². The molecule has 3 rings (SSSR count). The molecule has 1 aliphatic heterocycles. The van der Waals surface area contributed by atoms with Crippen LogP contribution in [0.25, 0.3) is 0 Å². The first-order valence-corrected chi connectivity index (χ1v) is 10.5. The summed E-state index contributed by atoms with van der Waals surface area (Å²) in [6, 6.07) is 0. The van der Waals surface area contributed by atoms with E-state index in [0.717, 1.165) is 45.3 Å². The zero-order valence-corrected chi connectivity index (χ0v) is 15.8. The Bertz CT molecular complexity index is 404. The highest BCUT2D eigenvalue weighted by atomic mass is 19.4. The van der Waals surface area contributed by atoms with Crippen LogP contribution in [0.1, 0.15) is 64.2 Å². The van der Waals surface area contributed by atoms with E-state index in [1.165, 1.54) is 25.9 Å². The molecule has 0 N–H and O–H groups in total. The van der Waals surface area contributed by atoms with E-state index >= 15 is 0 Å². The van der Waals surface area contributed by atoms with E-state index in [-0.39, 0.29) is 18.4 Å². The molecule has 1 heterocycles. The zero-order chi connectivity index (χ0) is 18.4. The first kappa shape index (κ1) is 20.4. The van der Waals surface area contributed by atoms with Gasteiger partial charge < -0.3 is 14.4 Å². The van der Waals surface area contributed by atoms with E-state index in [1.807, 2.05) is 0 Å². The molecule has 2 aliphatic carbocycles. The largest absolute Gasteiger partial charge is 0.391 e. The van der Waals surface area contributed by atoms with Gasteiger partial charge in [-0.3, -0.25) is 0 Å². The fourth-order valence-electron chi connectivity index (χ4n) is 4.73. The van der Waals surface area contributed by atoms with Gasteiger partial charge in [-0.2, -0.15) is 13.2 Å². The fraction of sp³-hybridized carbons (Fsp3) is 1.00. The Morgan fingerprint density at radius 3 is 2.12 bits per heavy atom. The smallest absolute Gasteiger partial charge is 0.378 e. The van der Waals surface area contributed by atoms with Crippen LogP contribution in [0.4, 0.5) is 13.2 Å². The topological polar surface area (TPSA) is 21.7 Å². The molecule has 6 heteroatoms. The third kappa shape index (κ3) is 6.38. The molecule has 2 saturated carbocycles. The number of nitrogens with zero attached hydrogens (tertiary/aromatic N) is 1. The minimum atomic E-state index is -4.04. The number of likely N-dealkylation sites (tertiary alicyclic amines) is 1. The van der Waals surface area contributed by atoms with E-state index in [0.29, 0.717) is 25.6 Å². The molecule has 3 fully saturated rings. The van der Waals surface area contributed by atoms with Crippen LogP contribution in [-0.2, 0) is 9.47 Å². The monoisotopic (exact) mass is 377 g/mol. The predicted octanol–water partition coefficient (Wildman–Crippen LogP) is 4.80. The highest BCUT2D eigenvalue weighted by Crippen LogP contribution is 2.40. The Hall–Kier alpha value is -0.330. The molecule has 0 amide bonds. The summed E-state index contributed by atoms with van der Waals surface area (Å²) in [5.74, 6) is -1.05. The van der Waals surface area contributed by atoms with Crippen LogP contribution in [0.15, 0.2) is 0 Å². The van der Waals surface area contributed by atoms with Gasteiger partial charge in [-0.15, -0.1) is 0 Å². The van der Waals surface area contributed by atoms with Crippen molar-refractivity contribution in [3.05, 3.63) is 0 Å². The van der Waals surface area contributed by atoms with E-state index in [9.17, 15) is 13.2 Å². The molecule has 3 aliphatic rings. The van der Waals surface area contributed by atoms with Crippen molar-refractivity contribution in [1.82, 2.24) is 4.90 Å². The normalized spacial score (nSPS) is 34.3. The number of hydrogen-bond acceptors (Lipinski definition) is 3. The summed E-state index contributed by atoms with van der Waals surface area (Å²) in [6.07, 6.45) is 5.20. The van der Waals surface area contributed by atoms with Crippen LogP contribution in [0.5, 0.6) is 0 Å². The van der Waals surface area contributed by atoms with Crippen molar-refractivity contribution in [1.29, 1.82) is 0 Å². The van der Waals surface area contributed by atoms with Crippen molar-refractivity contribution < 1.29 is 22.6 Å². The summed E-state index contributed by atoms with van der Waals surface area (Å²) >= 11 is 0. The van der Waals surface area contributed by atoms with Crippen molar-refractivity contribution in [3.8, 4) is 0 Å². The van der Waals surface area contributed by atoms with Crippen LogP contribution in [0.2, 0.25) is 0 Å². The van der Waals surface area contributed by atoms with Crippen molar-refractivity contribution in [3.63, 3.8) is 0 Å². The Balaban J connectivity index is 1.27. The zero-order valence-electron chi connectivity index (χ0n) is 15.8. The molecule has 0 aromatic carbocycles. The highest BCUT2D eigenvalue weighted by molar-refractivity contribution is 4.79. The molecule has 3 nitrogen and oxygen atoms in total. The average molecular weight is 377 g/mol. The lowest BCUT2D eigenvalue weighted by molar-refractivity contribution is -0.188. The number of hydrogen-bond donors (Lipinski definition) is 0. The molecule has 26 heavy (non-hydrogen) atoms. The van der Waals surface area contributed by atoms with Gasteiger partial charge in [0.05, 0.1) is 24.7 Å². The average Bonchev–Trinajstić information content (AvgIpc) is 3.14. The van der Waals surface area contributed by atoms with Crippen molar-refractivity contribution in [2.24, 2.45) is 11.8 Å². The fourth-order valence-corrected chi connectivity index (χ4v) is 4.73. The third-order valence-corrected chi connectivity index (χ3v) is 6.39. The van der Waals surface area contributed by atoms with E-state index in [4.69, 9.17) is 9.47 Å². The van der Waals surface area contributed by atoms with E-state index in [2.05, 4.69) is 4.90 Å². The molecule has 2 atom stereocenters. The summed E-state index contributed by atoms with van der Waals surface area (Å²) in [5.41, 5.74) is 0. The molecule has 0 bridgehead atoms. The second-order valence-electron chi connectivity index (χ2n) is 8.42. The third-order valence-electron chi connectivity index (χ3n) is 6.39. The van der Waals surface area contributed by atoms with Gasteiger partial charge in [0, 0.05) is 13.2 Å². The molecule has 2 unspecified atom stereocenters. The maximum absolute atomic E-state index is 12.9. The van der Waals surface area contributed by atoms with Crippen molar-refractivity contribution in [2.75, 3.05) is 32.8 Å². The summed E-state index contributed by atoms with van der Waals surface area (Å²) in [4.78, 5) is 2.47. The quantitative estimate of drug-likeness (QED) is 0.636. The molecular weight excluding hydrogens is 343 g/mol. The van der Waals surface area contributed by atoms with Gasteiger partial charge in [0.15, 0.2) is 0 Å². The second-order valence-corrected chi connectivity index (χ2v) is 8.42. The van der Waals surface area contributed by atoms with Crippen LogP contribution < -0.4 is 0 Å². The van der Waals surface area contributed by atoms with Gasteiger partial charge in [-0.1, -0.05) is 6.42 Å². The summed E-state index contributed by atoms with van der Waals surface area (Å²) in [7, 11) is 0. The lowest BCUT2D eigenvalue weighted by atomic mass is 9.81. The Labute approximate surface area is 155 Å². The molecule has 152 valence electrons. The van der Waals surface area contributed by atoms with Crippen LogP contribution in [0, 0.1) is 11.8 Å². The molecule has 0 aromatic rings. The summed E-state index contributed by atoms with van der Waals surface area (Å²) in [5, 5.41) is 0. The summed E-state index contributed by atoms with van der Waals surface area (Å²) < 4.78 is 50.7. The van der Waals surface area contributed by atoms with Gasteiger partial charge in [-0.05, 0) is 76.8 Å². The van der Waals surface area contributed by atoms with E-state index in [1.54, 1.807) is 0 Å². The molecule has 1 saturated heterocycles. The molecule has 0 radical (unpaired) electrons. The highest BCUT2D eigenvalue weighted by Gasteiger charge is 2.42. The number of alkyl halides is 3. The molecular formula is C20H34F3NO2. The maximum atomic E-state index is 12.9. The Kier molecular flexibility index (Phi) is 7.64. The lowest BCUT2D eigenvalue weighted by Gasteiger charge is -2.33. The van der Waals surface area contributed by atoms with Crippen molar-refractivity contribution >= 4 is 0 Å². The summed E-state index contributed by atoms with van der Waals surface area (Å²) in [6.45, 7) is 4.77. The maximum Gasteiger partial charge on any atom is 0.391 e. The van der Waals surface area contributed by atoms with Crippen LogP contribution >= 0.6 is 0 Å². The van der Waals surface area contributed by atoms with Gasteiger partial charge >= 0.3 is 6.18 Å². The second kappa shape index (κ2) is 9.74. The minimum absolute atomic E-state index is 0.0739. The molecule has 0 spiro atoms. The first-order chi connectivity index (χ1) is 12.5. The Morgan fingerprint density at radius 1 is 0.808 bits per heavy atom. The van der Waals surface area contributed by atoms with Gasteiger partial charge in [-0.25, -0.2) is 0 Å². The van der Waals surface area contributed by atoms with Crippen LogP contribution in [-0.4, -0.2) is 56.1 Å². The molecule has 0 aromatic heterocycles. The SMILES string of the molecule is FC(F)(F)C1CCCC(COC2CCC(OCCN3CCCC3)CC2)C1. The number of halogens is 3. The minimum Gasteiger partial charge on any atom is -0.378 e. The lowest BCUT2D eigenvalue weighted by Crippen LogP contribution is -2.33. The first-order valence-electron chi connectivity index (χ1n) is 10.5. The standard InChI is InChI=1S/C20H34F3NO2/c21-20(22,23)17-5-3-4-16(14-17)15-26-19-8-6-18(7-9-19)25-13-12-24-10-1-2-11-24/h16-19H,1-15H2. The predicted molar refractivity (Wildman–Crippen MR) is 95.1 cm³/mol. The van der Waals surface area contributed by atoms with E-state index < -0.39 is 12.1 Å². The van der Waals surface area contributed by atoms with Crippen molar-refractivity contribution in [2.45, 2.75) is 82.6 Å². The number of rotatable bonds is 7. The van der Waals surface area contributed by atoms with Crippen LogP contribution in [0.3, 0.4) is 0 Å².